The number of ether oxygens (including phenoxy) is 1. The SMILES string of the molecule is CCOc1ccc(-c2csc(N)n2)cc1C(C)(C)C. The highest BCUT2D eigenvalue weighted by atomic mass is 32.1. The fourth-order valence-corrected chi connectivity index (χ4v) is 2.55. The van der Waals surface area contributed by atoms with Gasteiger partial charge in [-0.2, -0.15) is 0 Å². The molecule has 0 radical (unpaired) electrons. The van der Waals surface area contributed by atoms with Crippen molar-refractivity contribution in [2.45, 2.75) is 33.1 Å². The first-order valence-corrected chi connectivity index (χ1v) is 7.28. The predicted molar refractivity (Wildman–Crippen MR) is 81.8 cm³/mol. The number of aromatic nitrogens is 1. The molecule has 0 saturated heterocycles. The van der Waals surface area contributed by atoms with E-state index in [4.69, 9.17) is 10.5 Å². The summed E-state index contributed by atoms with van der Waals surface area (Å²) < 4.78 is 5.72. The second-order valence-corrected chi connectivity index (χ2v) is 6.35. The van der Waals surface area contributed by atoms with Gasteiger partial charge in [-0.15, -0.1) is 11.3 Å². The van der Waals surface area contributed by atoms with E-state index in [-0.39, 0.29) is 5.41 Å². The number of hydrogen-bond acceptors (Lipinski definition) is 4. The summed E-state index contributed by atoms with van der Waals surface area (Å²) in [6.07, 6.45) is 0. The maximum Gasteiger partial charge on any atom is 0.180 e. The number of rotatable bonds is 3. The molecule has 1 aromatic heterocycles. The van der Waals surface area contributed by atoms with Gasteiger partial charge in [-0.05, 0) is 30.5 Å². The molecular formula is C15H20N2OS. The second-order valence-electron chi connectivity index (χ2n) is 5.46. The Morgan fingerprint density at radius 3 is 2.58 bits per heavy atom. The number of thiazole rings is 1. The zero-order valence-corrected chi connectivity index (χ0v) is 12.7. The molecular weight excluding hydrogens is 256 g/mol. The van der Waals surface area contributed by atoms with E-state index in [9.17, 15) is 0 Å². The molecule has 0 bridgehead atoms. The normalized spacial score (nSPS) is 11.6. The minimum atomic E-state index is 0.0298. The first-order chi connectivity index (χ1) is 8.91. The molecule has 0 spiro atoms. The van der Waals surface area contributed by atoms with E-state index in [2.05, 4.69) is 31.8 Å². The van der Waals surface area contributed by atoms with Gasteiger partial charge in [0.15, 0.2) is 5.13 Å². The molecule has 1 heterocycles. The quantitative estimate of drug-likeness (QED) is 0.918. The average molecular weight is 276 g/mol. The molecule has 19 heavy (non-hydrogen) atoms. The van der Waals surface area contributed by atoms with E-state index >= 15 is 0 Å². The Balaban J connectivity index is 2.49. The molecule has 0 atom stereocenters. The van der Waals surface area contributed by atoms with Crippen LogP contribution in [0.2, 0.25) is 0 Å². The molecule has 102 valence electrons. The average Bonchev–Trinajstić information content (AvgIpc) is 2.75. The molecule has 0 unspecified atom stereocenters. The van der Waals surface area contributed by atoms with Crippen LogP contribution in [0.3, 0.4) is 0 Å². The Hall–Kier alpha value is -1.55. The van der Waals surface area contributed by atoms with Crippen molar-refractivity contribution in [3.05, 3.63) is 29.1 Å². The maximum absolute atomic E-state index is 5.72. The van der Waals surface area contributed by atoms with Crippen molar-refractivity contribution in [1.82, 2.24) is 4.98 Å². The van der Waals surface area contributed by atoms with Gasteiger partial charge in [-0.25, -0.2) is 4.98 Å². The summed E-state index contributed by atoms with van der Waals surface area (Å²) >= 11 is 1.46. The van der Waals surface area contributed by atoms with Crippen molar-refractivity contribution in [3.63, 3.8) is 0 Å². The van der Waals surface area contributed by atoms with Crippen LogP contribution in [-0.2, 0) is 5.41 Å². The Kier molecular flexibility index (Phi) is 3.80. The Morgan fingerprint density at radius 2 is 2.05 bits per heavy atom. The van der Waals surface area contributed by atoms with E-state index in [1.807, 2.05) is 24.4 Å². The van der Waals surface area contributed by atoms with E-state index in [1.54, 1.807) is 0 Å². The maximum atomic E-state index is 5.72. The van der Waals surface area contributed by atoms with Gasteiger partial charge in [0.1, 0.15) is 5.75 Å². The van der Waals surface area contributed by atoms with Crippen LogP contribution in [0.25, 0.3) is 11.3 Å². The molecule has 0 fully saturated rings. The molecule has 0 aliphatic carbocycles. The van der Waals surface area contributed by atoms with Crippen LogP contribution in [0.4, 0.5) is 5.13 Å². The summed E-state index contributed by atoms with van der Waals surface area (Å²) in [5.41, 5.74) is 8.93. The van der Waals surface area contributed by atoms with E-state index in [0.717, 1.165) is 17.0 Å². The van der Waals surface area contributed by atoms with E-state index < -0.39 is 0 Å². The van der Waals surface area contributed by atoms with E-state index in [1.165, 1.54) is 16.9 Å². The summed E-state index contributed by atoms with van der Waals surface area (Å²) in [7, 11) is 0. The van der Waals surface area contributed by atoms with Gasteiger partial charge >= 0.3 is 0 Å². The molecule has 3 nitrogen and oxygen atoms in total. The topological polar surface area (TPSA) is 48.1 Å². The molecule has 1 aromatic carbocycles. The van der Waals surface area contributed by atoms with Crippen LogP contribution in [0.1, 0.15) is 33.3 Å². The number of benzene rings is 1. The summed E-state index contributed by atoms with van der Waals surface area (Å²) in [6, 6.07) is 6.21. The monoisotopic (exact) mass is 276 g/mol. The van der Waals surface area contributed by atoms with Crippen molar-refractivity contribution in [3.8, 4) is 17.0 Å². The van der Waals surface area contributed by atoms with E-state index in [0.29, 0.717) is 11.7 Å². The third-order valence-electron chi connectivity index (χ3n) is 2.91. The highest BCUT2D eigenvalue weighted by Gasteiger charge is 2.20. The zero-order chi connectivity index (χ0) is 14.0. The van der Waals surface area contributed by atoms with Crippen molar-refractivity contribution in [1.29, 1.82) is 0 Å². The van der Waals surface area contributed by atoms with Crippen LogP contribution in [0.5, 0.6) is 5.75 Å². The lowest BCUT2D eigenvalue weighted by molar-refractivity contribution is 0.330. The third kappa shape index (κ3) is 3.07. The van der Waals surface area contributed by atoms with Crippen LogP contribution in [0, 0.1) is 0 Å². The smallest absolute Gasteiger partial charge is 0.180 e. The highest BCUT2D eigenvalue weighted by molar-refractivity contribution is 7.13. The van der Waals surface area contributed by atoms with Gasteiger partial charge in [0, 0.05) is 16.5 Å². The summed E-state index contributed by atoms with van der Waals surface area (Å²) in [4.78, 5) is 4.34. The number of nitrogens with zero attached hydrogens (tertiary/aromatic N) is 1. The van der Waals surface area contributed by atoms with Crippen molar-refractivity contribution in [2.24, 2.45) is 0 Å². The third-order valence-corrected chi connectivity index (χ3v) is 3.58. The molecule has 0 aliphatic heterocycles. The van der Waals surface area contributed by atoms with Crippen LogP contribution >= 0.6 is 11.3 Å². The van der Waals surface area contributed by atoms with Gasteiger partial charge in [0.25, 0.3) is 0 Å². The lowest BCUT2D eigenvalue weighted by Crippen LogP contribution is -2.13. The Morgan fingerprint density at radius 1 is 1.32 bits per heavy atom. The fourth-order valence-electron chi connectivity index (χ4n) is 1.98. The largest absolute Gasteiger partial charge is 0.494 e. The molecule has 2 N–H and O–H groups in total. The van der Waals surface area contributed by atoms with Gasteiger partial charge in [0.05, 0.1) is 12.3 Å². The number of nitrogen functional groups attached to an aromatic ring is 1. The van der Waals surface area contributed by atoms with Crippen molar-refractivity contribution in [2.75, 3.05) is 12.3 Å². The van der Waals surface area contributed by atoms with Crippen LogP contribution < -0.4 is 10.5 Å². The predicted octanol–water partition coefficient (Wildman–Crippen LogP) is 4.09. The van der Waals surface area contributed by atoms with Gasteiger partial charge in [-0.1, -0.05) is 20.8 Å². The zero-order valence-electron chi connectivity index (χ0n) is 11.9. The molecule has 2 aromatic rings. The van der Waals surface area contributed by atoms with Gasteiger partial charge in [0.2, 0.25) is 0 Å². The first-order valence-electron chi connectivity index (χ1n) is 6.40. The number of nitrogens with two attached hydrogens (primary N) is 1. The number of anilines is 1. The fraction of sp³-hybridized carbons (Fsp3) is 0.400. The Bertz CT molecular complexity index is 570. The molecule has 0 amide bonds. The van der Waals surface area contributed by atoms with Crippen LogP contribution in [0.15, 0.2) is 23.6 Å². The minimum Gasteiger partial charge on any atom is -0.494 e. The standard InChI is InChI=1S/C15H20N2OS/c1-5-18-13-7-6-10(8-11(13)15(2,3)4)12-9-19-14(16)17-12/h6-9H,5H2,1-4H3,(H2,16,17). The molecule has 4 heteroatoms. The molecule has 0 saturated carbocycles. The van der Waals surface area contributed by atoms with Crippen molar-refractivity contribution >= 4 is 16.5 Å². The molecule has 2 rings (SSSR count). The van der Waals surface area contributed by atoms with Crippen molar-refractivity contribution < 1.29 is 4.74 Å². The van der Waals surface area contributed by atoms with Crippen LogP contribution in [-0.4, -0.2) is 11.6 Å². The summed E-state index contributed by atoms with van der Waals surface area (Å²) in [6.45, 7) is 9.23. The summed E-state index contributed by atoms with van der Waals surface area (Å²) in [5, 5.41) is 2.58. The lowest BCUT2D eigenvalue weighted by Gasteiger charge is -2.23. The van der Waals surface area contributed by atoms with Gasteiger partial charge in [-0.3, -0.25) is 0 Å². The lowest BCUT2D eigenvalue weighted by atomic mass is 9.85. The molecule has 0 aliphatic rings. The van der Waals surface area contributed by atoms with Gasteiger partial charge < -0.3 is 10.5 Å². The summed E-state index contributed by atoms with van der Waals surface area (Å²) in [5.74, 6) is 0.946. The minimum absolute atomic E-state index is 0.0298. The second kappa shape index (κ2) is 5.21. The Labute approximate surface area is 118 Å². The first kappa shape index (κ1) is 13.9. The highest BCUT2D eigenvalue weighted by Crippen LogP contribution is 2.35. The number of hydrogen-bond donors (Lipinski definition) is 1.